The van der Waals surface area contributed by atoms with Gasteiger partial charge >= 0.3 is 6.09 Å². The molecular formula is C12H19N3O2. The Morgan fingerprint density at radius 1 is 1.59 bits per heavy atom. The number of pyridine rings is 1. The van der Waals surface area contributed by atoms with E-state index in [2.05, 4.69) is 4.98 Å². The fourth-order valence-corrected chi connectivity index (χ4v) is 1.85. The van der Waals surface area contributed by atoms with E-state index in [0.29, 0.717) is 0 Å². The predicted octanol–water partition coefficient (Wildman–Crippen LogP) is 1.86. The summed E-state index contributed by atoms with van der Waals surface area (Å²) in [4.78, 5) is 16.7. The molecule has 0 aliphatic rings. The minimum atomic E-state index is -0.975. The molecule has 1 aromatic heterocycles. The smallest absolute Gasteiger partial charge is 0.408 e. The minimum Gasteiger partial charge on any atom is -0.465 e. The number of nitrogens with two attached hydrogens (primary N) is 1. The van der Waals surface area contributed by atoms with E-state index in [1.165, 1.54) is 4.90 Å². The molecule has 1 atom stereocenters. The van der Waals surface area contributed by atoms with Crippen molar-refractivity contribution in [3.63, 3.8) is 0 Å². The van der Waals surface area contributed by atoms with Crippen LogP contribution in [0, 0.1) is 0 Å². The van der Waals surface area contributed by atoms with E-state index in [-0.39, 0.29) is 12.6 Å². The summed E-state index contributed by atoms with van der Waals surface area (Å²) in [5, 5.41) is 9.32. The highest BCUT2D eigenvalue weighted by atomic mass is 16.4. The molecule has 1 heterocycles. The third kappa shape index (κ3) is 3.17. The van der Waals surface area contributed by atoms with Gasteiger partial charge in [0, 0.05) is 24.5 Å². The third-order valence-electron chi connectivity index (χ3n) is 2.53. The van der Waals surface area contributed by atoms with Gasteiger partial charge in [0.2, 0.25) is 0 Å². The van der Waals surface area contributed by atoms with Gasteiger partial charge in [-0.05, 0) is 32.4 Å². The number of carbonyl (C=O) groups is 1. The zero-order chi connectivity index (χ0) is 13.1. The Labute approximate surface area is 101 Å². The lowest BCUT2D eigenvalue weighted by Crippen LogP contribution is -2.49. The maximum Gasteiger partial charge on any atom is 0.408 e. The zero-order valence-electron chi connectivity index (χ0n) is 10.4. The summed E-state index contributed by atoms with van der Waals surface area (Å²) >= 11 is 0. The highest BCUT2D eigenvalue weighted by Gasteiger charge is 2.33. The van der Waals surface area contributed by atoms with Crippen molar-refractivity contribution < 1.29 is 9.90 Å². The molecule has 5 heteroatoms. The summed E-state index contributed by atoms with van der Waals surface area (Å²) in [7, 11) is 0. The quantitative estimate of drug-likeness (QED) is 0.841. The highest BCUT2D eigenvalue weighted by molar-refractivity contribution is 5.67. The SMILES string of the molecule is CC(C)(C)N(C(=O)O)[C@H](CN)c1cccnc1. The first-order chi connectivity index (χ1) is 7.88. The van der Waals surface area contributed by atoms with Gasteiger partial charge in [0.25, 0.3) is 0 Å². The number of amides is 1. The normalized spacial score (nSPS) is 13.2. The van der Waals surface area contributed by atoms with Crippen LogP contribution in [0.3, 0.4) is 0 Å². The van der Waals surface area contributed by atoms with Gasteiger partial charge in [-0.1, -0.05) is 6.07 Å². The van der Waals surface area contributed by atoms with E-state index in [4.69, 9.17) is 5.73 Å². The lowest BCUT2D eigenvalue weighted by Gasteiger charge is -2.39. The fourth-order valence-electron chi connectivity index (χ4n) is 1.85. The van der Waals surface area contributed by atoms with Crippen LogP contribution in [0.5, 0.6) is 0 Å². The van der Waals surface area contributed by atoms with Gasteiger partial charge in [0.05, 0.1) is 6.04 Å². The minimum absolute atomic E-state index is 0.231. The molecule has 0 saturated heterocycles. The molecule has 0 saturated carbocycles. The molecule has 0 bridgehead atoms. The maximum atomic E-state index is 11.4. The summed E-state index contributed by atoms with van der Waals surface area (Å²) in [6.45, 7) is 5.77. The molecular weight excluding hydrogens is 218 g/mol. The third-order valence-corrected chi connectivity index (χ3v) is 2.53. The van der Waals surface area contributed by atoms with Crippen molar-refractivity contribution in [2.75, 3.05) is 6.54 Å². The molecule has 0 fully saturated rings. The van der Waals surface area contributed by atoms with Crippen LogP contribution in [0.4, 0.5) is 4.79 Å². The first-order valence-corrected chi connectivity index (χ1v) is 5.50. The van der Waals surface area contributed by atoms with Gasteiger partial charge in [0.1, 0.15) is 0 Å². The molecule has 0 aromatic carbocycles. The second-order valence-corrected chi connectivity index (χ2v) is 4.86. The largest absolute Gasteiger partial charge is 0.465 e. The van der Waals surface area contributed by atoms with Crippen LogP contribution in [0.25, 0.3) is 0 Å². The van der Waals surface area contributed by atoms with E-state index >= 15 is 0 Å². The van der Waals surface area contributed by atoms with Crippen molar-refractivity contribution in [3.8, 4) is 0 Å². The van der Waals surface area contributed by atoms with E-state index < -0.39 is 11.6 Å². The second kappa shape index (κ2) is 5.14. The van der Waals surface area contributed by atoms with Gasteiger partial charge in [-0.25, -0.2) is 4.79 Å². The average molecular weight is 237 g/mol. The van der Waals surface area contributed by atoms with Crippen LogP contribution < -0.4 is 5.73 Å². The maximum absolute atomic E-state index is 11.4. The van der Waals surface area contributed by atoms with Gasteiger partial charge in [-0.2, -0.15) is 0 Å². The Morgan fingerprint density at radius 3 is 2.59 bits per heavy atom. The molecule has 1 rings (SSSR count). The van der Waals surface area contributed by atoms with Crippen LogP contribution in [0.1, 0.15) is 32.4 Å². The van der Waals surface area contributed by atoms with E-state index in [9.17, 15) is 9.90 Å². The van der Waals surface area contributed by atoms with Crippen molar-refractivity contribution in [1.29, 1.82) is 0 Å². The van der Waals surface area contributed by atoms with Gasteiger partial charge < -0.3 is 10.8 Å². The van der Waals surface area contributed by atoms with Crippen LogP contribution in [0.15, 0.2) is 24.5 Å². The first-order valence-electron chi connectivity index (χ1n) is 5.50. The molecule has 94 valence electrons. The Hall–Kier alpha value is -1.62. The number of hydrogen-bond acceptors (Lipinski definition) is 3. The summed E-state index contributed by atoms with van der Waals surface area (Å²) in [6, 6.07) is 3.24. The summed E-state index contributed by atoms with van der Waals surface area (Å²) in [5.74, 6) is 0. The molecule has 1 aromatic rings. The van der Waals surface area contributed by atoms with Crippen LogP contribution in [-0.2, 0) is 0 Å². The summed E-state index contributed by atoms with van der Waals surface area (Å²) in [5.41, 5.74) is 6.01. The lowest BCUT2D eigenvalue weighted by molar-refractivity contribution is 0.0720. The molecule has 0 spiro atoms. The van der Waals surface area contributed by atoms with Gasteiger partial charge in [-0.15, -0.1) is 0 Å². The predicted molar refractivity (Wildman–Crippen MR) is 65.6 cm³/mol. The molecule has 3 N–H and O–H groups in total. The standard InChI is InChI=1S/C12H19N3O2/c1-12(2,3)15(11(16)17)10(7-13)9-5-4-6-14-8-9/h4-6,8,10H,7,13H2,1-3H3,(H,16,17)/t10-/m1/s1. The Balaban J connectivity index is 3.11. The monoisotopic (exact) mass is 237 g/mol. The Kier molecular flexibility index (Phi) is 4.07. The molecule has 17 heavy (non-hydrogen) atoms. The summed E-state index contributed by atoms with van der Waals surface area (Å²) < 4.78 is 0. The molecule has 5 nitrogen and oxygen atoms in total. The first kappa shape index (κ1) is 13.4. The average Bonchev–Trinajstić information content (AvgIpc) is 2.24. The Morgan fingerprint density at radius 2 is 2.24 bits per heavy atom. The van der Waals surface area contributed by atoms with Crippen molar-refractivity contribution in [2.24, 2.45) is 5.73 Å². The molecule has 0 radical (unpaired) electrons. The molecule has 0 aliphatic heterocycles. The molecule has 0 aliphatic carbocycles. The fraction of sp³-hybridized carbons (Fsp3) is 0.500. The number of rotatable bonds is 3. The zero-order valence-corrected chi connectivity index (χ0v) is 10.4. The van der Waals surface area contributed by atoms with Crippen LogP contribution in [-0.4, -0.2) is 33.2 Å². The van der Waals surface area contributed by atoms with Gasteiger partial charge in [-0.3, -0.25) is 9.88 Å². The number of hydrogen-bond donors (Lipinski definition) is 2. The lowest BCUT2D eigenvalue weighted by atomic mass is 9.99. The van der Waals surface area contributed by atoms with E-state index in [0.717, 1.165) is 5.56 Å². The van der Waals surface area contributed by atoms with E-state index in [1.807, 2.05) is 26.8 Å². The van der Waals surface area contributed by atoms with Crippen LogP contribution in [0.2, 0.25) is 0 Å². The second-order valence-electron chi connectivity index (χ2n) is 4.86. The number of aromatic nitrogens is 1. The molecule has 1 amide bonds. The van der Waals surface area contributed by atoms with E-state index in [1.54, 1.807) is 18.5 Å². The van der Waals surface area contributed by atoms with Crippen molar-refractivity contribution in [2.45, 2.75) is 32.4 Å². The number of nitrogens with zero attached hydrogens (tertiary/aromatic N) is 2. The Bertz CT molecular complexity index is 373. The highest BCUT2D eigenvalue weighted by Crippen LogP contribution is 2.27. The van der Waals surface area contributed by atoms with Gasteiger partial charge in [0.15, 0.2) is 0 Å². The van der Waals surface area contributed by atoms with Crippen molar-refractivity contribution in [1.82, 2.24) is 9.88 Å². The topological polar surface area (TPSA) is 79.5 Å². The molecule has 0 unspecified atom stereocenters. The summed E-state index contributed by atoms with van der Waals surface area (Å²) in [6.07, 6.45) is 2.33. The number of carboxylic acid groups (broad SMARTS) is 1. The van der Waals surface area contributed by atoms with Crippen molar-refractivity contribution >= 4 is 6.09 Å². The van der Waals surface area contributed by atoms with Crippen LogP contribution >= 0.6 is 0 Å². The van der Waals surface area contributed by atoms with Crippen molar-refractivity contribution in [3.05, 3.63) is 30.1 Å².